The zero-order valence-corrected chi connectivity index (χ0v) is 23.5. The van der Waals surface area contributed by atoms with E-state index in [4.69, 9.17) is 9.47 Å². The minimum absolute atomic E-state index is 0.118. The fourth-order valence-corrected chi connectivity index (χ4v) is 6.05. The number of ether oxygens (including phenoxy) is 2. The number of benzene rings is 3. The minimum atomic E-state index is -0.771. The maximum Gasteiger partial charge on any atom is 0.258 e. The lowest BCUT2D eigenvalue weighted by molar-refractivity contribution is -0.135. The monoisotopic (exact) mass is 573 g/mol. The van der Waals surface area contributed by atoms with Gasteiger partial charge in [0, 0.05) is 39.1 Å². The van der Waals surface area contributed by atoms with Crippen molar-refractivity contribution >= 4 is 11.8 Å². The van der Waals surface area contributed by atoms with E-state index in [0.717, 1.165) is 16.7 Å². The highest BCUT2D eigenvalue weighted by atomic mass is 19.1. The molecule has 3 aliphatic heterocycles. The fourth-order valence-electron chi connectivity index (χ4n) is 6.05. The van der Waals surface area contributed by atoms with Crippen LogP contribution in [-0.4, -0.2) is 83.9 Å². The molecule has 220 valence electrons. The van der Waals surface area contributed by atoms with Crippen molar-refractivity contribution in [2.75, 3.05) is 32.8 Å². The number of hydrogen-bond acceptors (Lipinski definition) is 6. The summed E-state index contributed by atoms with van der Waals surface area (Å²) in [5.41, 5.74) is 3.28. The number of hydrogen-bond donors (Lipinski definition) is 2. The Kier molecular flexibility index (Phi) is 8.51. The van der Waals surface area contributed by atoms with Crippen LogP contribution in [0.2, 0.25) is 0 Å². The van der Waals surface area contributed by atoms with E-state index in [0.29, 0.717) is 63.4 Å². The average molecular weight is 574 g/mol. The van der Waals surface area contributed by atoms with Crippen LogP contribution >= 0.6 is 0 Å². The van der Waals surface area contributed by atoms with E-state index in [2.05, 4.69) is 10.2 Å². The van der Waals surface area contributed by atoms with E-state index in [9.17, 15) is 19.1 Å². The molecule has 0 aromatic heterocycles. The summed E-state index contributed by atoms with van der Waals surface area (Å²) in [6.07, 6.45) is 0.552. The molecular formula is C33H36FN3O5. The summed E-state index contributed by atoms with van der Waals surface area (Å²) >= 11 is 0. The highest BCUT2D eigenvalue weighted by Crippen LogP contribution is 2.31. The maximum absolute atomic E-state index is 14.1. The van der Waals surface area contributed by atoms with E-state index >= 15 is 0 Å². The van der Waals surface area contributed by atoms with Crippen molar-refractivity contribution < 1.29 is 28.6 Å². The van der Waals surface area contributed by atoms with Crippen molar-refractivity contribution in [1.82, 2.24) is 15.1 Å². The van der Waals surface area contributed by atoms with Crippen molar-refractivity contribution in [2.45, 2.75) is 50.2 Å². The van der Waals surface area contributed by atoms with E-state index < -0.39 is 18.2 Å². The molecule has 0 spiro atoms. The molecule has 2 fully saturated rings. The van der Waals surface area contributed by atoms with Gasteiger partial charge in [0.25, 0.3) is 5.91 Å². The first kappa shape index (κ1) is 28.3. The number of carbonyl (C=O) groups excluding carboxylic acids is 2. The number of rotatable bonds is 3. The smallest absolute Gasteiger partial charge is 0.258 e. The van der Waals surface area contributed by atoms with Gasteiger partial charge in [0.2, 0.25) is 5.91 Å². The lowest BCUT2D eigenvalue weighted by atomic mass is 9.98. The second kappa shape index (κ2) is 12.6. The van der Waals surface area contributed by atoms with Crippen molar-refractivity contribution in [1.29, 1.82) is 0 Å². The molecule has 2 N–H and O–H groups in total. The van der Waals surface area contributed by atoms with Gasteiger partial charge in [-0.1, -0.05) is 48.5 Å². The zero-order chi connectivity index (χ0) is 29.1. The van der Waals surface area contributed by atoms with E-state index in [1.807, 2.05) is 42.5 Å². The highest BCUT2D eigenvalue weighted by Gasteiger charge is 2.38. The van der Waals surface area contributed by atoms with Gasteiger partial charge in [0.1, 0.15) is 23.7 Å². The molecule has 9 heteroatoms. The number of amides is 2. The lowest BCUT2D eigenvalue weighted by Crippen LogP contribution is -2.61. The lowest BCUT2D eigenvalue weighted by Gasteiger charge is -2.41. The van der Waals surface area contributed by atoms with Crippen molar-refractivity contribution in [3.05, 3.63) is 89.7 Å². The molecule has 2 saturated heterocycles. The predicted octanol–water partition coefficient (Wildman–Crippen LogP) is 3.63. The van der Waals surface area contributed by atoms with E-state index in [1.54, 1.807) is 23.1 Å². The summed E-state index contributed by atoms with van der Waals surface area (Å²) in [5, 5.41) is 13.5. The maximum atomic E-state index is 14.1. The minimum Gasteiger partial charge on any atom is -0.493 e. The fraction of sp³-hybridized carbons (Fsp3) is 0.394. The number of aliphatic hydroxyl groups excluding tert-OH is 1. The Morgan fingerprint density at radius 3 is 2.55 bits per heavy atom. The van der Waals surface area contributed by atoms with Crippen molar-refractivity contribution in [2.24, 2.45) is 0 Å². The summed E-state index contributed by atoms with van der Waals surface area (Å²) in [5.74, 6) is -0.394. The first-order valence-corrected chi connectivity index (χ1v) is 14.7. The van der Waals surface area contributed by atoms with Gasteiger partial charge in [0.15, 0.2) is 0 Å². The van der Waals surface area contributed by atoms with Gasteiger partial charge in [-0.2, -0.15) is 0 Å². The number of halogens is 1. The number of nitrogens with zero attached hydrogens (tertiary/aromatic N) is 2. The van der Waals surface area contributed by atoms with Crippen molar-refractivity contribution in [3.8, 4) is 16.9 Å². The van der Waals surface area contributed by atoms with Crippen LogP contribution in [0.4, 0.5) is 4.39 Å². The number of aliphatic hydroxyl groups is 1. The molecule has 8 nitrogen and oxygen atoms in total. The van der Waals surface area contributed by atoms with Gasteiger partial charge in [-0.05, 0) is 53.8 Å². The molecule has 2 amide bonds. The number of nitrogens with one attached hydrogen (secondary N) is 1. The van der Waals surface area contributed by atoms with Crippen LogP contribution in [0.1, 0.15) is 35.2 Å². The third-order valence-corrected chi connectivity index (χ3v) is 8.42. The second-order valence-corrected chi connectivity index (χ2v) is 11.3. The second-order valence-electron chi connectivity index (χ2n) is 11.3. The number of fused-ring (bicyclic) bond motifs is 4. The van der Waals surface area contributed by atoms with E-state index in [-0.39, 0.29) is 30.3 Å². The van der Waals surface area contributed by atoms with Crippen LogP contribution in [0.15, 0.2) is 72.8 Å². The quantitative estimate of drug-likeness (QED) is 0.498. The Bertz CT molecular complexity index is 1400. The Hall–Kier alpha value is -3.79. The largest absolute Gasteiger partial charge is 0.493 e. The van der Waals surface area contributed by atoms with Gasteiger partial charge in [-0.15, -0.1) is 0 Å². The number of carbonyl (C=O) groups is 2. The Balaban J connectivity index is 1.31. The molecule has 4 atom stereocenters. The van der Waals surface area contributed by atoms with Gasteiger partial charge < -0.3 is 24.8 Å². The molecule has 0 unspecified atom stereocenters. The van der Waals surface area contributed by atoms with E-state index in [1.165, 1.54) is 12.1 Å². The van der Waals surface area contributed by atoms with Crippen molar-refractivity contribution in [3.63, 3.8) is 0 Å². The van der Waals surface area contributed by atoms with Crippen LogP contribution in [0.5, 0.6) is 5.75 Å². The molecule has 42 heavy (non-hydrogen) atoms. The third-order valence-electron chi connectivity index (χ3n) is 8.42. The first-order valence-electron chi connectivity index (χ1n) is 14.7. The molecule has 3 aliphatic rings. The van der Waals surface area contributed by atoms with Crippen LogP contribution in [0.3, 0.4) is 0 Å². The molecule has 2 bridgehead atoms. The molecule has 3 aromatic carbocycles. The zero-order valence-electron chi connectivity index (χ0n) is 23.5. The highest BCUT2D eigenvalue weighted by molar-refractivity contribution is 6.00. The first-order chi connectivity index (χ1) is 20.4. The number of piperazine rings is 1. The standard InChI is InChI=1S/C33H36FN3O5/c34-25-9-6-22(7-10-25)20-36-15-16-37-28(21-36)32(39)35-19-31-29(38)13-11-26(42-31)14-17-41-30-18-24(8-12-27(30)33(37)40)23-4-2-1-3-5-23/h1-10,12,18,26,28-29,31,38H,11,13-17,19-21H2,(H,35,39)/t26-,28-,29-,31+/m0/s1. The van der Waals surface area contributed by atoms with Crippen LogP contribution in [-0.2, 0) is 16.1 Å². The Labute approximate surface area is 245 Å². The average Bonchev–Trinajstić information content (AvgIpc) is 3.02. The summed E-state index contributed by atoms with van der Waals surface area (Å²) in [4.78, 5) is 31.5. The summed E-state index contributed by atoms with van der Waals surface area (Å²) in [6, 6.07) is 21.0. The molecule has 0 saturated carbocycles. The van der Waals surface area contributed by atoms with Gasteiger partial charge in [0.05, 0.1) is 24.4 Å². The summed E-state index contributed by atoms with van der Waals surface area (Å²) in [7, 11) is 0. The summed E-state index contributed by atoms with van der Waals surface area (Å²) in [6.45, 7) is 2.24. The normalized spacial score (nSPS) is 25.4. The molecule has 3 aromatic rings. The Morgan fingerprint density at radius 1 is 0.929 bits per heavy atom. The van der Waals surface area contributed by atoms with Gasteiger partial charge in [-0.25, -0.2) is 4.39 Å². The molecule has 0 aliphatic carbocycles. The van der Waals surface area contributed by atoms with Crippen LogP contribution in [0, 0.1) is 5.82 Å². The van der Waals surface area contributed by atoms with Gasteiger partial charge in [-0.3, -0.25) is 14.5 Å². The molecular weight excluding hydrogens is 537 g/mol. The summed E-state index contributed by atoms with van der Waals surface area (Å²) < 4.78 is 25.9. The third kappa shape index (κ3) is 6.33. The molecule has 6 rings (SSSR count). The molecule has 0 radical (unpaired) electrons. The van der Waals surface area contributed by atoms with Gasteiger partial charge >= 0.3 is 0 Å². The topological polar surface area (TPSA) is 91.3 Å². The van der Waals surface area contributed by atoms with Crippen LogP contribution in [0.25, 0.3) is 11.1 Å². The predicted molar refractivity (Wildman–Crippen MR) is 155 cm³/mol. The SMILES string of the molecule is O=C1NC[C@H]2O[C@H](CCOc3cc(-c4ccccc4)ccc3C(=O)N3CCN(Cc4ccc(F)cc4)C[C@@H]13)CC[C@@H]2O. The molecule has 3 heterocycles. The Morgan fingerprint density at radius 2 is 1.74 bits per heavy atom. The van der Waals surface area contributed by atoms with Crippen LogP contribution < -0.4 is 10.1 Å².